The van der Waals surface area contributed by atoms with Gasteiger partial charge in [0.1, 0.15) is 5.75 Å². The van der Waals surface area contributed by atoms with Gasteiger partial charge in [-0.15, -0.1) is 0 Å². The van der Waals surface area contributed by atoms with Crippen LogP contribution < -0.4 is 10.2 Å². The third-order valence-corrected chi connectivity index (χ3v) is 6.59. The van der Waals surface area contributed by atoms with Gasteiger partial charge in [0.05, 0.1) is 17.3 Å². The van der Waals surface area contributed by atoms with Crippen molar-refractivity contribution in [2.75, 3.05) is 0 Å². The summed E-state index contributed by atoms with van der Waals surface area (Å²) in [5.74, 6) is 1.73. The van der Waals surface area contributed by atoms with E-state index in [-0.39, 0.29) is 18.3 Å². The van der Waals surface area contributed by atoms with E-state index in [2.05, 4.69) is 60.6 Å². The van der Waals surface area contributed by atoms with Crippen LogP contribution in [0.5, 0.6) is 5.75 Å². The number of hydrogen-bond donors (Lipinski definition) is 0. The van der Waals surface area contributed by atoms with E-state index in [1.807, 2.05) is 12.1 Å². The van der Waals surface area contributed by atoms with Crippen LogP contribution in [0.3, 0.4) is 0 Å². The van der Waals surface area contributed by atoms with E-state index in [9.17, 15) is 0 Å². The molecule has 0 bridgehead atoms. The average Bonchev–Trinajstić information content (AvgIpc) is 2.75. The Kier molecular flexibility index (Phi) is 5.22. The maximum atomic E-state index is 6.31. The molecule has 1 aromatic carbocycles. The van der Waals surface area contributed by atoms with Crippen molar-refractivity contribution in [3.63, 3.8) is 0 Å². The molecule has 0 radical (unpaired) electrons. The molecule has 2 fully saturated rings. The summed E-state index contributed by atoms with van der Waals surface area (Å²) in [6.45, 7) is 15.4. The second kappa shape index (κ2) is 6.87. The van der Waals surface area contributed by atoms with E-state index in [1.165, 1.54) is 12.8 Å². The van der Waals surface area contributed by atoms with Gasteiger partial charge in [-0.25, -0.2) is 0 Å². The van der Waals surface area contributed by atoms with Gasteiger partial charge in [-0.2, -0.15) is 0 Å². The van der Waals surface area contributed by atoms with Crippen LogP contribution in [0, 0.1) is 11.3 Å². The van der Waals surface area contributed by atoms with E-state index in [4.69, 9.17) is 14.0 Å². The fraction of sp³-hybridized carbons (Fsp3) is 0.727. The first-order valence-electron chi connectivity index (χ1n) is 10.1. The van der Waals surface area contributed by atoms with Gasteiger partial charge in [-0.05, 0) is 82.3 Å². The van der Waals surface area contributed by atoms with Gasteiger partial charge < -0.3 is 14.0 Å². The number of hydrogen-bond acceptors (Lipinski definition) is 3. The quantitative estimate of drug-likeness (QED) is 0.714. The smallest absolute Gasteiger partial charge is 0.490 e. The lowest BCUT2D eigenvalue weighted by atomic mass is 9.72. The van der Waals surface area contributed by atoms with Crippen LogP contribution in [0.2, 0.25) is 0 Å². The van der Waals surface area contributed by atoms with Gasteiger partial charge in [-0.3, -0.25) is 0 Å². The summed E-state index contributed by atoms with van der Waals surface area (Å²) in [5.41, 5.74) is 0.797. The predicted octanol–water partition coefficient (Wildman–Crippen LogP) is 4.97. The Balaban J connectivity index is 1.63. The summed E-state index contributed by atoms with van der Waals surface area (Å²) < 4.78 is 18.6. The van der Waals surface area contributed by atoms with Crippen LogP contribution in [-0.2, 0) is 9.31 Å². The van der Waals surface area contributed by atoms with Gasteiger partial charge in [0, 0.05) is 0 Å². The molecule has 3 rings (SSSR count). The molecule has 0 amide bonds. The zero-order chi connectivity index (χ0) is 19.2. The van der Waals surface area contributed by atoms with Crippen LogP contribution in [0.4, 0.5) is 0 Å². The maximum Gasteiger partial charge on any atom is 0.494 e. The largest absolute Gasteiger partial charge is 0.494 e. The minimum Gasteiger partial charge on any atom is -0.490 e. The van der Waals surface area contributed by atoms with Crippen molar-refractivity contribution in [2.24, 2.45) is 11.3 Å². The van der Waals surface area contributed by atoms with Crippen LogP contribution in [0.1, 0.15) is 74.1 Å². The second-order valence-electron chi connectivity index (χ2n) is 10.1. The van der Waals surface area contributed by atoms with Crippen molar-refractivity contribution >= 4 is 12.6 Å². The van der Waals surface area contributed by atoms with Crippen LogP contribution >= 0.6 is 0 Å². The van der Waals surface area contributed by atoms with Gasteiger partial charge in [0.2, 0.25) is 0 Å². The Hall–Kier alpha value is -0.995. The van der Waals surface area contributed by atoms with E-state index in [1.54, 1.807) is 0 Å². The summed E-state index contributed by atoms with van der Waals surface area (Å²) in [4.78, 5) is 0. The molecule has 0 spiro atoms. The molecule has 144 valence electrons. The SMILES string of the molecule is CC(C)(C)C1CCC(Oc2cccc(B3OC(C)(C)C(C)(C)O3)c2)CC1. The highest BCUT2D eigenvalue weighted by atomic mass is 16.7. The normalized spacial score (nSPS) is 28.2. The molecular weight excluding hydrogens is 323 g/mol. The highest BCUT2D eigenvalue weighted by molar-refractivity contribution is 6.62. The molecule has 26 heavy (non-hydrogen) atoms. The van der Waals surface area contributed by atoms with E-state index in [0.717, 1.165) is 30.0 Å². The van der Waals surface area contributed by atoms with Crippen molar-refractivity contribution in [1.29, 1.82) is 0 Å². The second-order valence-corrected chi connectivity index (χ2v) is 10.1. The molecule has 1 aliphatic heterocycles. The Labute approximate surface area is 159 Å². The highest BCUT2D eigenvalue weighted by Crippen LogP contribution is 2.39. The lowest BCUT2D eigenvalue weighted by Crippen LogP contribution is -2.41. The molecule has 0 unspecified atom stereocenters. The van der Waals surface area contributed by atoms with Gasteiger partial charge in [-0.1, -0.05) is 32.9 Å². The third kappa shape index (κ3) is 4.12. The Morgan fingerprint density at radius 1 is 0.962 bits per heavy atom. The molecule has 0 atom stereocenters. The van der Waals surface area contributed by atoms with Gasteiger partial charge in [0.15, 0.2) is 0 Å². The summed E-state index contributed by atoms with van der Waals surface area (Å²) in [5, 5.41) is 0. The number of rotatable bonds is 3. The first-order valence-corrected chi connectivity index (χ1v) is 10.1. The molecule has 2 aliphatic rings. The van der Waals surface area contributed by atoms with Gasteiger partial charge in [0.25, 0.3) is 0 Å². The molecule has 0 N–H and O–H groups in total. The zero-order valence-electron chi connectivity index (χ0n) is 17.6. The maximum absolute atomic E-state index is 6.31. The topological polar surface area (TPSA) is 27.7 Å². The summed E-state index contributed by atoms with van der Waals surface area (Å²) in [7, 11) is -0.333. The highest BCUT2D eigenvalue weighted by Gasteiger charge is 2.51. The van der Waals surface area contributed by atoms with E-state index in [0.29, 0.717) is 11.5 Å². The standard InChI is InChI=1S/C22H35BO3/c1-20(2,3)16-11-13-18(14-12-16)24-19-10-8-9-17(15-19)23-25-21(4,5)22(6,7)26-23/h8-10,15-16,18H,11-14H2,1-7H3. The van der Waals surface area contributed by atoms with Crippen molar-refractivity contribution in [1.82, 2.24) is 0 Å². The van der Waals surface area contributed by atoms with Crippen molar-refractivity contribution < 1.29 is 14.0 Å². The van der Waals surface area contributed by atoms with E-state index >= 15 is 0 Å². The zero-order valence-corrected chi connectivity index (χ0v) is 17.6. The molecular formula is C22H35BO3. The number of benzene rings is 1. The molecule has 1 saturated heterocycles. The molecule has 1 saturated carbocycles. The van der Waals surface area contributed by atoms with Crippen LogP contribution in [0.25, 0.3) is 0 Å². The minimum absolute atomic E-state index is 0.320. The summed E-state index contributed by atoms with van der Waals surface area (Å²) in [6.07, 6.45) is 5.11. The van der Waals surface area contributed by atoms with Crippen molar-refractivity contribution in [3.8, 4) is 5.75 Å². The molecule has 1 aliphatic carbocycles. The molecule has 1 aromatic rings. The average molecular weight is 358 g/mol. The fourth-order valence-electron chi connectivity index (χ4n) is 3.95. The molecule has 3 nitrogen and oxygen atoms in total. The molecule has 1 heterocycles. The Bertz CT molecular complexity index is 609. The lowest BCUT2D eigenvalue weighted by molar-refractivity contribution is 0.00578. The van der Waals surface area contributed by atoms with Crippen LogP contribution in [0.15, 0.2) is 24.3 Å². The first-order chi connectivity index (χ1) is 12.0. The van der Waals surface area contributed by atoms with Crippen molar-refractivity contribution in [3.05, 3.63) is 24.3 Å². The minimum atomic E-state index is -0.333. The molecule has 0 aromatic heterocycles. The van der Waals surface area contributed by atoms with E-state index < -0.39 is 0 Å². The summed E-state index contributed by atoms with van der Waals surface area (Å²) in [6, 6.07) is 8.23. The molecule has 4 heteroatoms. The van der Waals surface area contributed by atoms with Crippen molar-refractivity contribution in [2.45, 2.75) is 91.5 Å². The predicted molar refractivity (Wildman–Crippen MR) is 108 cm³/mol. The van der Waals surface area contributed by atoms with Gasteiger partial charge >= 0.3 is 7.12 Å². The number of ether oxygens (including phenoxy) is 1. The lowest BCUT2D eigenvalue weighted by Gasteiger charge is -2.37. The third-order valence-electron chi connectivity index (χ3n) is 6.59. The monoisotopic (exact) mass is 358 g/mol. The first kappa shape index (κ1) is 19.8. The Morgan fingerprint density at radius 2 is 1.54 bits per heavy atom. The van der Waals surface area contributed by atoms with Crippen LogP contribution in [-0.4, -0.2) is 24.4 Å². The fourth-order valence-corrected chi connectivity index (χ4v) is 3.95. The Morgan fingerprint density at radius 3 is 2.08 bits per heavy atom. The summed E-state index contributed by atoms with van der Waals surface area (Å²) >= 11 is 0.